The van der Waals surface area contributed by atoms with Crippen molar-refractivity contribution in [2.24, 2.45) is 5.73 Å². The molecule has 1 aromatic heterocycles. The molecule has 0 radical (unpaired) electrons. The maximum atomic E-state index is 10.7. The molecule has 0 aliphatic rings. The van der Waals surface area contributed by atoms with E-state index in [9.17, 15) is 9.59 Å². The van der Waals surface area contributed by atoms with Crippen LogP contribution < -0.4 is 5.73 Å². The first-order valence-corrected chi connectivity index (χ1v) is 3.92. The Labute approximate surface area is 80.6 Å². The molecule has 1 aromatic rings. The van der Waals surface area contributed by atoms with Gasteiger partial charge < -0.3 is 10.8 Å². The maximum absolute atomic E-state index is 10.7. The van der Waals surface area contributed by atoms with Gasteiger partial charge in [0, 0.05) is 11.8 Å². The molecule has 74 valence electrons. The van der Waals surface area contributed by atoms with Gasteiger partial charge in [-0.3, -0.25) is 9.78 Å². The lowest BCUT2D eigenvalue weighted by atomic mass is 9.99. The molecule has 0 amide bonds. The standard InChI is InChI=1S/C9H10N2O3/c1-9(10,8(13)14)7-3-2-6(5-12)4-11-7/h2-5H,10H2,1H3,(H,13,14)/t9-/m1/s1. The molecule has 0 unspecified atom stereocenters. The first-order chi connectivity index (χ1) is 6.48. The van der Waals surface area contributed by atoms with Crippen LogP contribution in [0.3, 0.4) is 0 Å². The Kier molecular flexibility index (Phi) is 2.62. The number of nitrogens with zero attached hydrogens (tertiary/aromatic N) is 1. The molecule has 0 bridgehead atoms. The van der Waals surface area contributed by atoms with E-state index < -0.39 is 11.5 Å². The average molecular weight is 194 g/mol. The third-order valence-electron chi connectivity index (χ3n) is 1.90. The van der Waals surface area contributed by atoms with Crippen molar-refractivity contribution in [2.45, 2.75) is 12.5 Å². The fourth-order valence-corrected chi connectivity index (χ4v) is 0.892. The van der Waals surface area contributed by atoms with Gasteiger partial charge in [-0.15, -0.1) is 0 Å². The molecule has 0 spiro atoms. The Morgan fingerprint density at radius 1 is 1.64 bits per heavy atom. The van der Waals surface area contributed by atoms with Crippen LogP contribution in [0.4, 0.5) is 0 Å². The molecule has 1 heterocycles. The number of hydrogen-bond donors (Lipinski definition) is 2. The summed E-state index contributed by atoms with van der Waals surface area (Å²) in [5.41, 5.74) is 4.60. The van der Waals surface area contributed by atoms with Crippen molar-refractivity contribution in [3.05, 3.63) is 29.6 Å². The Balaban J connectivity index is 3.08. The van der Waals surface area contributed by atoms with Gasteiger partial charge in [0.2, 0.25) is 0 Å². The minimum absolute atomic E-state index is 0.218. The number of carbonyl (C=O) groups is 2. The smallest absolute Gasteiger partial charge is 0.329 e. The fraction of sp³-hybridized carbons (Fsp3) is 0.222. The molecular formula is C9H10N2O3. The van der Waals surface area contributed by atoms with E-state index in [2.05, 4.69) is 4.98 Å². The summed E-state index contributed by atoms with van der Waals surface area (Å²) in [4.78, 5) is 24.9. The van der Waals surface area contributed by atoms with Crippen LogP contribution in [0, 0.1) is 0 Å². The predicted octanol–water partition coefficient (Wildman–Crippen LogP) is 0.153. The molecule has 0 saturated carbocycles. The first kappa shape index (κ1) is 10.3. The number of rotatable bonds is 3. The van der Waals surface area contributed by atoms with Crippen LogP contribution in [-0.2, 0) is 10.3 Å². The van der Waals surface area contributed by atoms with Gasteiger partial charge in [0.05, 0.1) is 5.69 Å². The van der Waals surface area contributed by atoms with Crippen LogP contribution in [0.5, 0.6) is 0 Å². The lowest BCUT2D eigenvalue weighted by Gasteiger charge is -2.17. The number of carboxylic acids is 1. The van der Waals surface area contributed by atoms with Gasteiger partial charge in [-0.2, -0.15) is 0 Å². The summed E-state index contributed by atoms with van der Waals surface area (Å²) in [5.74, 6) is -1.16. The number of carbonyl (C=O) groups excluding carboxylic acids is 1. The number of aldehydes is 1. The van der Waals surface area contributed by atoms with Gasteiger partial charge in [-0.1, -0.05) is 0 Å². The summed E-state index contributed by atoms with van der Waals surface area (Å²) in [6.07, 6.45) is 1.92. The molecule has 0 aliphatic heterocycles. The average Bonchev–Trinajstić information content (AvgIpc) is 2.17. The molecule has 1 atom stereocenters. The van der Waals surface area contributed by atoms with Crippen molar-refractivity contribution in [2.75, 3.05) is 0 Å². The third-order valence-corrected chi connectivity index (χ3v) is 1.90. The van der Waals surface area contributed by atoms with Gasteiger partial charge in [-0.25, -0.2) is 4.79 Å². The topological polar surface area (TPSA) is 93.3 Å². The van der Waals surface area contributed by atoms with Gasteiger partial charge in [0.1, 0.15) is 0 Å². The van der Waals surface area contributed by atoms with Crippen LogP contribution in [0.1, 0.15) is 23.0 Å². The largest absolute Gasteiger partial charge is 0.480 e. The van der Waals surface area contributed by atoms with E-state index in [4.69, 9.17) is 10.8 Å². The molecule has 0 fully saturated rings. The molecule has 0 aliphatic carbocycles. The SMILES string of the molecule is C[C@](N)(C(=O)O)c1ccc(C=O)cn1. The summed E-state index contributed by atoms with van der Waals surface area (Å²) in [5, 5.41) is 8.79. The van der Waals surface area contributed by atoms with Gasteiger partial charge in [0.15, 0.2) is 11.8 Å². The Morgan fingerprint density at radius 3 is 2.64 bits per heavy atom. The summed E-state index contributed by atoms with van der Waals surface area (Å²) < 4.78 is 0. The van der Waals surface area contributed by atoms with Crippen molar-refractivity contribution in [3.63, 3.8) is 0 Å². The van der Waals surface area contributed by atoms with Gasteiger partial charge >= 0.3 is 5.97 Å². The zero-order valence-corrected chi connectivity index (χ0v) is 7.60. The lowest BCUT2D eigenvalue weighted by molar-refractivity contribution is -0.143. The van der Waals surface area contributed by atoms with Crippen LogP contribution >= 0.6 is 0 Å². The number of carboxylic acid groups (broad SMARTS) is 1. The monoisotopic (exact) mass is 194 g/mol. The molecular weight excluding hydrogens is 184 g/mol. The highest BCUT2D eigenvalue weighted by Gasteiger charge is 2.31. The quantitative estimate of drug-likeness (QED) is 0.668. The number of aliphatic carboxylic acids is 1. The van der Waals surface area contributed by atoms with E-state index in [0.717, 1.165) is 0 Å². The third kappa shape index (κ3) is 1.77. The molecule has 5 nitrogen and oxygen atoms in total. The van der Waals surface area contributed by atoms with E-state index >= 15 is 0 Å². The lowest BCUT2D eigenvalue weighted by Crippen LogP contribution is -2.42. The minimum Gasteiger partial charge on any atom is -0.480 e. The highest BCUT2D eigenvalue weighted by atomic mass is 16.4. The highest BCUT2D eigenvalue weighted by Crippen LogP contribution is 2.15. The molecule has 0 aromatic carbocycles. The Hall–Kier alpha value is -1.75. The second-order valence-electron chi connectivity index (χ2n) is 3.10. The normalized spacial score (nSPS) is 14.4. The van der Waals surface area contributed by atoms with E-state index in [1.54, 1.807) is 0 Å². The van der Waals surface area contributed by atoms with Gasteiger partial charge in [0.25, 0.3) is 0 Å². The number of pyridine rings is 1. The maximum Gasteiger partial charge on any atom is 0.329 e. The van der Waals surface area contributed by atoms with Crippen LogP contribution in [0.25, 0.3) is 0 Å². The van der Waals surface area contributed by atoms with Crippen LogP contribution in [0.2, 0.25) is 0 Å². The van der Waals surface area contributed by atoms with Crippen molar-refractivity contribution in [1.82, 2.24) is 4.98 Å². The van der Waals surface area contributed by atoms with Crippen molar-refractivity contribution in [1.29, 1.82) is 0 Å². The zero-order chi connectivity index (χ0) is 10.8. The van der Waals surface area contributed by atoms with Gasteiger partial charge in [-0.05, 0) is 19.1 Å². The predicted molar refractivity (Wildman–Crippen MR) is 48.8 cm³/mol. The second kappa shape index (κ2) is 3.55. The number of nitrogens with two attached hydrogens (primary N) is 1. The fourth-order valence-electron chi connectivity index (χ4n) is 0.892. The first-order valence-electron chi connectivity index (χ1n) is 3.92. The summed E-state index contributed by atoms with van der Waals surface area (Å²) >= 11 is 0. The zero-order valence-electron chi connectivity index (χ0n) is 7.60. The number of aromatic nitrogens is 1. The molecule has 1 rings (SSSR count). The van der Waals surface area contributed by atoms with E-state index in [1.807, 2.05) is 0 Å². The number of hydrogen-bond acceptors (Lipinski definition) is 4. The van der Waals surface area contributed by atoms with E-state index in [1.165, 1.54) is 25.3 Å². The minimum atomic E-state index is -1.53. The second-order valence-corrected chi connectivity index (χ2v) is 3.10. The summed E-state index contributed by atoms with van der Waals surface area (Å²) in [7, 11) is 0. The van der Waals surface area contributed by atoms with E-state index in [0.29, 0.717) is 11.8 Å². The highest BCUT2D eigenvalue weighted by molar-refractivity contribution is 5.79. The van der Waals surface area contributed by atoms with Crippen molar-refractivity contribution < 1.29 is 14.7 Å². The molecule has 0 saturated heterocycles. The van der Waals surface area contributed by atoms with Crippen molar-refractivity contribution >= 4 is 12.3 Å². The van der Waals surface area contributed by atoms with Crippen LogP contribution in [0.15, 0.2) is 18.3 Å². The summed E-state index contributed by atoms with van der Waals surface area (Å²) in [6.45, 7) is 1.35. The molecule has 3 N–H and O–H groups in total. The van der Waals surface area contributed by atoms with E-state index in [-0.39, 0.29) is 5.69 Å². The van der Waals surface area contributed by atoms with Crippen LogP contribution in [-0.4, -0.2) is 22.3 Å². The Morgan fingerprint density at radius 2 is 2.29 bits per heavy atom. The molecule has 5 heteroatoms. The summed E-state index contributed by atoms with van der Waals surface area (Å²) in [6, 6.07) is 2.90. The van der Waals surface area contributed by atoms with Crippen molar-refractivity contribution in [3.8, 4) is 0 Å². The Bertz CT molecular complexity index is 357. The molecule has 14 heavy (non-hydrogen) atoms.